The summed E-state index contributed by atoms with van der Waals surface area (Å²) in [6.45, 7) is 20.6. The first-order chi connectivity index (χ1) is 16.9. The van der Waals surface area contributed by atoms with Crippen LogP contribution in [0.1, 0.15) is 120 Å². The number of aliphatic carboxylic acids is 1. The Balaban J connectivity index is 1.63. The summed E-state index contributed by atoms with van der Waals surface area (Å²) < 4.78 is 0. The lowest BCUT2D eigenvalue weighted by molar-refractivity contribution is -0.297. The van der Waals surface area contributed by atoms with Gasteiger partial charge in [-0.15, -0.1) is 0 Å². The van der Waals surface area contributed by atoms with Gasteiger partial charge in [0.15, 0.2) is 5.60 Å². The number of rotatable bonds is 2. The average Bonchev–Trinajstić information content (AvgIpc) is 2.79. The molecule has 4 heteroatoms. The predicted molar refractivity (Wildman–Crippen MR) is 147 cm³/mol. The molecular formula is C33H54O4. The lowest BCUT2D eigenvalue weighted by atomic mass is 9.29. The molecule has 0 spiro atoms. The van der Waals surface area contributed by atoms with Crippen LogP contribution in [-0.2, 0) is 9.59 Å². The molecule has 5 aliphatic rings. The number of hydrogen-bond donors (Lipinski definition) is 2. The van der Waals surface area contributed by atoms with E-state index in [1.54, 1.807) is 6.92 Å². The van der Waals surface area contributed by atoms with Gasteiger partial charge in [-0.1, -0.05) is 55.4 Å². The zero-order chi connectivity index (χ0) is 27.6. The third kappa shape index (κ3) is 3.17. The summed E-state index contributed by atoms with van der Waals surface area (Å²) in [5.41, 5.74) is -2.44. The highest BCUT2D eigenvalue weighted by molar-refractivity contribution is 5.84. The van der Waals surface area contributed by atoms with Crippen LogP contribution in [0.4, 0.5) is 0 Å². The van der Waals surface area contributed by atoms with Crippen molar-refractivity contribution in [2.24, 2.45) is 68.5 Å². The minimum atomic E-state index is -1.88. The number of carboxylic acid groups (broad SMARTS) is 1. The molecule has 0 aromatic carbocycles. The van der Waals surface area contributed by atoms with E-state index < -0.39 is 22.9 Å². The Bertz CT molecular complexity index is 987. The van der Waals surface area contributed by atoms with Crippen LogP contribution in [-0.4, -0.2) is 27.6 Å². The normalized spacial score (nSPS) is 56.8. The van der Waals surface area contributed by atoms with E-state index >= 15 is 0 Å². The van der Waals surface area contributed by atoms with Crippen molar-refractivity contribution in [1.29, 1.82) is 0 Å². The van der Waals surface area contributed by atoms with E-state index in [-0.39, 0.29) is 40.3 Å². The molecular weight excluding hydrogens is 460 g/mol. The summed E-state index contributed by atoms with van der Waals surface area (Å²) in [7, 11) is 0. The number of ketones is 1. The van der Waals surface area contributed by atoms with Crippen molar-refractivity contribution in [3.05, 3.63) is 0 Å². The highest BCUT2D eigenvalue weighted by Crippen LogP contribution is 2.78. The fourth-order valence-corrected chi connectivity index (χ4v) is 12.7. The maximum atomic E-state index is 13.0. The number of carboxylic acids is 1. The second kappa shape index (κ2) is 8.07. The minimum Gasteiger partial charge on any atom is -0.479 e. The van der Waals surface area contributed by atoms with Gasteiger partial charge < -0.3 is 10.2 Å². The van der Waals surface area contributed by atoms with E-state index in [1.165, 1.54) is 25.7 Å². The standard InChI is InChI=1S/C33H54O4/c1-19-12-14-29(6)16-17-30(7)22(26(29)20(19)2)10-11-25-31(30,8)15-13-24-28(4,5)23(21(3)34)18-33(37,27(35)36)32(24,25)9/h19-20,22-26,37H,10-18H2,1-9H3,(H,35,36)/t19-,20+,22-,23?,24+,25+,26+,29-,30-,31-,32+,33?/m1/s1. The number of carbonyl (C=O) groups is 2. The Morgan fingerprint density at radius 2 is 1.43 bits per heavy atom. The van der Waals surface area contributed by atoms with Gasteiger partial charge in [0, 0.05) is 11.3 Å². The van der Waals surface area contributed by atoms with Crippen LogP contribution in [0.15, 0.2) is 0 Å². The Morgan fingerprint density at radius 3 is 2.03 bits per heavy atom. The molecule has 2 N–H and O–H groups in total. The lowest BCUT2D eigenvalue weighted by Gasteiger charge is -2.75. The fourth-order valence-electron chi connectivity index (χ4n) is 12.7. The molecule has 4 nitrogen and oxygen atoms in total. The van der Waals surface area contributed by atoms with Gasteiger partial charge in [-0.25, -0.2) is 4.79 Å². The molecule has 0 aromatic heterocycles. The van der Waals surface area contributed by atoms with Crippen LogP contribution >= 0.6 is 0 Å². The summed E-state index contributed by atoms with van der Waals surface area (Å²) in [5, 5.41) is 22.9. The van der Waals surface area contributed by atoms with Gasteiger partial charge in [0.2, 0.25) is 0 Å². The first kappa shape index (κ1) is 27.7. The van der Waals surface area contributed by atoms with Crippen LogP contribution < -0.4 is 0 Å². The zero-order valence-electron chi connectivity index (χ0n) is 25.1. The number of fused-ring (bicyclic) bond motifs is 7. The third-order valence-corrected chi connectivity index (χ3v) is 15.2. The second-order valence-corrected chi connectivity index (χ2v) is 16.4. The number of aliphatic hydroxyl groups is 1. The quantitative estimate of drug-likeness (QED) is 0.403. The Hall–Kier alpha value is -0.900. The number of Topliss-reactive ketones (excluding diaryl/α,β-unsaturated/α-hetero) is 1. The highest BCUT2D eigenvalue weighted by atomic mass is 16.4. The Morgan fingerprint density at radius 1 is 0.784 bits per heavy atom. The summed E-state index contributed by atoms with van der Waals surface area (Å²) in [5.74, 6) is 1.47. The lowest BCUT2D eigenvalue weighted by Crippen LogP contribution is -2.74. The number of hydrogen-bond acceptors (Lipinski definition) is 3. The monoisotopic (exact) mass is 514 g/mol. The summed E-state index contributed by atoms with van der Waals surface area (Å²) >= 11 is 0. The molecule has 210 valence electrons. The molecule has 2 unspecified atom stereocenters. The van der Waals surface area contributed by atoms with Crippen LogP contribution in [0.3, 0.4) is 0 Å². The van der Waals surface area contributed by atoms with E-state index in [4.69, 9.17) is 0 Å². The topological polar surface area (TPSA) is 74.6 Å². The van der Waals surface area contributed by atoms with Crippen molar-refractivity contribution in [1.82, 2.24) is 0 Å². The van der Waals surface area contributed by atoms with Gasteiger partial charge in [-0.3, -0.25) is 4.79 Å². The summed E-state index contributed by atoms with van der Waals surface area (Å²) in [6, 6.07) is 0. The minimum absolute atomic E-state index is 0.00413. The average molecular weight is 515 g/mol. The molecule has 0 amide bonds. The van der Waals surface area contributed by atoms with E-state index in [9.17, 15) is 19.8 Å². The molecule has 0 aromatic rings. The zero-order valence-corrected chi connectivity index (χ0v) is 25.1. The number of carbonyl (C=O) groups excluding carboxylic acids is 1. The van der Waals surface area contributed by atoms with Crippen molar-refractivity contribution in [2.45, 2.75) is 126 Å². The van der Waals surface area contributed by atoms with Crippen molar-refractivity contribution in [2.75, 3.05) is 0 Å². The second-order valence-electron chi connectivity index (χ2n) is 16.4. The van der Waals surface area contributed by atoms with Gasteiger partial charge in [0.1, 0.15) is 5.78 Å². The van der Waals surface area contributed by atoms with E-state index in [0.717, 1.165) is 43.4 Å². The molecule has 12 atom stereocenters. The maximum absolute atomic E-state index is 13.0. The fraction of sp³-hybridized carbons (Fsp3) is 0.939. The third-order valence-electron chi connectivity index (χ3n) is 15.2. The first-order valence-corrected chi connectivity index (χ1v) is 15.4. The first-order valence-electron chi connectivity index (χ1n) is 15.4. The van der Waals surface area contributed by atoms with Gasteiger partial charge in [0.25, 0.3) is 0 Å². The van der Waals surface area contributed by atoms with Crippen LogP contribution in [0.2, 0.25) is 0 Å². The highest BCUT2D eigenvalue weighted by Gasteiger charge is 2.76. The van der Waals surface area contributed by atoms with Crippen molar-refractivity contribution < 1.29 is 19.8 Å². The van der Waals surface area contributed by atoms with Crippen molar-refractivity contribution in [3.8, 4) is 0 Å². The van der Waals surface area contributed by atoms with Gasteiger partial charge in [-0.2, -0.15) is 0 Å². The molecule has 0 saturated heterocycles. The summed E-state index contributed by atoms with van der Waals surface area (Å²) in [6.07, 6.45) is 9.31. The van der Waals surface area contributed by atoms with E-state index in [1.807, 2.05) is 0 Å². The molecule has 0 aliphatic heterocycles. The molecule has 0 bridgehead atoms. The predicted octanol–water partition coefficient (Wildman–Crippen LogP) is 7.37. The smallest absolute Gasteiger partial charge is 0.336 e. The molecule has 5 aliphatic carbocycles. The van der Waals surface area contributed by atoms with Crippen molar-refractivity contribution in [3.63, 3.8) is 0 Å². The van der Waals surface area contributed by atoms with E-state index in [2.05, 4.69) is 55.4 Å². The largest absolute Gasteiger partial charge is 0.479 e. The Labute approximate surface area is 225 Å². The molecule has 5 saturated carbocycles. The van der Waals surface area contributed by atoms with E-state index in [0.29, 0.717) is 11.3 Å². The van der Waals surface area contributed by atoms with Crippen molar-refractivity contribution >= 4 is 11.8 Å². The van der Waals surface area contributed by atoms with Crippen LogP contribution in [0.5, 0.6) is 0 Å². The molecule has 5 fully saturated rings. The maximum Gasteiger partial charge on any atom is 0.336 e. The molecule has 5 rings (SSSR count). The van der Waals surface area contributed by atoms with Crippen LogP contribution in [0, 0.1) is 68.5 Å². The molecule has 37 heavy (non-hydrogen) atoms. The SMILES string of the molecule is CC(=O)C1CC(O)(C(=O)O)[C@]2(C)[C@H]3CC[C@@H]4[C@@H]5[C@@H](C)[C@H](C)CC[C@]5(C)CC[C@@]4(C)[C@]3(C)CC[C@H]2C1(C)C. The summed E-state index contributed by atoms with van der Waals surface area (Å²) in [4.78, 5) is 25.8. The van der Waals surface area contributed by atoms with Gasteiger partial charge >= 0.3 is 5.97 Å². The molecule has 0 radical (unpaired) electrons. The van der Waals surface area contributed by atoms with Crippen LogP contribution in [0.25, 0.3) is 0 Å². The molecule has 0 heterocycles. The van der Waals surface area contributed by atoms with Gasteiger partial charge in [0.05, 0.1) is 0 Å². The van der Waals surface area contributed by atoms with Gasteiger partial charge in [-0.05, 0) is 122 Å². The Kier molecular flexibility index (Phi) is 6.04.